The van der Waals surface area contributed by atoms with E-state index in [-0.39, 0.29) is 18.9 Å². The molecule has 82 valence electrons. The summed E-state index contributed by atoms with van der Waals surface area (Å²) in [7, 11) is 0. The van der Waals surface area contributed by atoms with Crippen LogP contribution >= 0.6 is 0 Å². The fraction of sp³-hybridized carbons (Fsp3) is 0.778. The van der Waals surface area contributed by atoms with Crippen LogP contribution in [0, 0.1) is 0 Å². The van der Waals surface area contributed by atoms with Crippen molar-refractivity contribution >= 4 is 11.9 Å². The maximum Gasteiger partial charge on any atom is 0.305 e. The fourth-order valence-corrected chi connectivity index (χ4v) is 1.03. The third-order valence-electron chi connectivity index (χ3n) is 1.81. The van der Waals surface area contributed by atoms with Crippen LogP contribution in [0.5, 0.6) is 0 Å². The molecule has 0 radical (unpaired) electrons. The third-order valence-corrected chi connectivity index (χ3v) is 1.81. The molecule has 0 saturated carbocycles. The number of nitrogens with one attached hydrogen (secondary N) is 2. The van der Waals surface area contributed by atoms with Gasteiger partial charge in [-0.15, -0.1) is 0 Å². The highest BCUT2D eigenvalue weighted by Gasteiger charge is 2.25. The lowest BCUT2D eigenvalue weighted by Gasteiger charge is -2.24. The third kappa shape index (κ3) is 4.81. The van der Waals surface area contributed by atoms with Crippen molar-refractivity contribution in [1.29, 1.82) is 0 Å². The summed E-state index contributed by atoms with van der Waals surface area (Å²) in [5, 5.41) is 13.9. The monoisotopic (exact) mass is 202 g/mol. The molecule has 0 aliphatic heterocycles. The summed E-state index contributed by atoms with van der Waals surface area (Å²) in [5.41, 5.74) is -0.646. The van der Waals surface area contributed by atoms with Gasteiger partial charge in [0.2, 0.25) is 5.91 Å². The first-order chi connectivity index (χ1) is 6.40. The SMILES string of the molecule is CCNC(C)(C)C(=O)NCCC(=O)O. The number of aliphatic carboxylic acids is 1. The van der Waals surface area contributed by atoms with E-state index in [0.29, 0.717) is 6.54 Å². The first-order valence-electron chi connectivity index (χ1n) is 4.65. The Labute approximate surface area is 83.9 Å². The molecule has 1 amide bonds. The summed E-state index contributed by atoms with van der Waals surface area (Å²) in [4.78, 5) is 21.7. The van der Waals surface area contributed by atoms with Crippen LogP contribution in [-0.2, 0) is 9.59 Å². The van der Waals surface area contributed by atoms with Crippen LogP contribution in [0.4, 0.5) is 0 Å². The van der Waals surface area contributed by atoms with E-state index in [2.05, 4.69) is 10.6 Å². The second-order valence-electron chi connectivity index (χ2n) is 3.55. The second-order valence-corrected chi connectivity index (χ2v) is 3.55. The van der Waals surface area contributed by atoms with Gasteiger partial charge in [0, 0.05) is 6.54 Å². The maximum atomic E-state index is 11.5. The lowest BCUT2D eigenvalue weighted by atomic mass is 10.0. The standard InChI is InChI=1S/C9H18N2O3/c1-4-11-9(2,3)8(14)10-6-5-7(12)13/h11H,4-6H2,1-3H3,(H,10,14)(H,12,13). The number of likely N-dealkylation sites (N-methyl/N-ethyl adjacent to an activating group) is 1. The molecule has 0 saturated heterocycles. The number of rotatable bonds is 6. The second kappa shape index (κ2) is 5.59. The highest BCUT2D eigenvalue weighted by atomic mass is 16.4. The van der Waals surface area contributed by atoms with Gasteiger partial charge in [-0.25, -0.2) is 0 Å². The van der Waals surface area contributed by atoms with Gasteiger partial charge in [0.15, 0.2) is 0 Å². The Balaban J connectivity index is 3.88. The van der Waals surface area contributed by atoms with Gasteiger partial charge in [-0.1, -0.05) is 6.92 Å². The summed E-state index contributed by atoms with van der Waals surface area (Å²) >= 11 is 0. The first kappa shape index (κ1) is 12.9. The van der Waals surface area contributed by atoms with Crippen molar-refractivity contribution in [3.63, 3.8) is 0 Å². The normalized spacial score (nSPS) is 11.1. The van der Waals surface area contributed by atoms with Crippen molar-refractivity contribution in [3.8, 4) is 0 Å². The summed E-state index contributed by atoms with van der Waals surface area (Å²) in [5.74, 6) is -1.09. The van der Waals surface area contributed by atoms with E-state index in [4.69, 9.17) is 5.11 Å². The predicted octanol–water partition coefficient (Wildman–Crippen LogP) is -0.0346. The minimum Gasteiger partial charge on any atom is -0.481 e. The molecule has 0 aliphatic carbocycles. The van der Waals surface area contributed by atoms with E-state index in [9.17, 15) is 9.59 Å². The van der Waals surface area contributed by atoms with Crippen LogP contribution in [0.3, 0.4) is 0 Å². The topological polar surface area (TPSA) is 78.4 Å². The van der Waals surface area contributed by atoms with Crippen LogP contribution in [0.15, 0.2) is 0 Å². The summed E-state index contributed by atoms with van der Waals surface area (Å²) in [6.45, 7) is 6.29. The quantitative estimate of drug-likeness (QED) is 0.565. The summed E-state index contributed by atoms with van der Waals surface area (Å²) in [6.07, 6.45) is -0.0477. The number of carboxylic acid groups (broad SMARTS) is 1. The molecule has 0 aromatic carbocycles. The van der Waals surface area contributed by atoms with Crippen LogP contribution in [-0.4, -0.2) is 35.6 Å². The lowest BCUT2D eigenvalue weighted by molar-refractivity contribution is -0.137. The van der Waals surface area contributed by atoms with E-state index >= 15 is 0 Å². The van der Waals surface area contributed by atoms with Crippen LogP contribution in [0.2, 0.25) is 0 Å². The van der Waals surface area contributed by atoms with E-state index < -0.39 is 11.5 Å². The highest BCUT2D eigenvalue weighted by molar-refractivity contribution is 5.85. The van der Waals surface area contributed by atoms with Gasteiger partial charge in [-0.05, 0) is 20.4 Å². The maximum absolute atomic E-state index is 11.5. The zero-order valence-electron chi connectivity index (χ0n) is 8.89. The molecule has 5 nitrogen and oxygen atoms in total. The first-order valence-corrected chi connectivity index (χ1v) is 4.65. The number of hydrogen-bond acceptors (Lipinski definition) is 3. The van der Waals surface area contributed by atoms with Crippen molar-refractivity contribution < 1.29 is 14.7 Å². The Kier molecular flexibility index (Phi) is 5.15. The zero-order valence-corrected chi connectivity index (χ0v) is 8.89. The van der Waals surface area contributed by atoms with Gasteiger partial charge in [-0.2, -0.15) is 0 Å². The van der Waals surface area contributed by atoms with E-state index in [1.165, 1.54) is 0 Å². The summed E-state index contributed by atoms with van der Waals surface area (Å²) in [6, 6.07) is 0. The molecule has 0 aromatic heterocycles. The molecular formula is C9H18N2O3. The van der Waals surface area contributed by atoms with Crippen LogP contribution in [0.25, 0.3) is 0 Å². The minimum atomic E-state index is -0.911. The van der Waals surface area contributed by atoms with Crippen molar-refractivity contribution in [2.24, 2.45) is 0 Å². The Morgan fingerprint density at radius 1 is 1.36 bits per heavy atom. The molecule has 3 N–H and O–H groups in total. The highest BCUT2D eigenvalue weighted by Crippen LogP contribution is 2.00. The fourth-order valence-electron chi connectivity index (χ4n) is 1.03. The van der Waals surface area contributed by atoms with Gasteiger partial charge in [0.25, 0.3) is 0 Å². The molecule has 0 unspecified atom stereocenters. The molecule has 0 aromatic rings. The molecule has 0 spiro atoms. The number of carboxylic acids is 1. The van der Waals surface area contributed by atoms with Crippen molar-refractivity contribution in [1.82, 2.24) is 10.6 Å². The molecule has 14 heavy (non-hydrogen) atoms. The molecule has 5 heteroatoms. The molecule has 0 atom stereocenters. The number of hydrogen-bond donors (Lipinski definition) is 3. The average Bonchev–Trinajstić information content (AvgIpc) is 2.03. The Morgan fingerprint density at radius 3 is 2.36 bits per heavy atom. The van der Waals surface area contributed by atoms with Gasteiger partial charge in [0.05, 0.1) is 12.0 Å². The molecule has 0 heterocycles. The summed E-state index contributed by atoms with van der Waals surface area (Å²) < 4.78 is 0. The molecule has 0 bridgehead atoms. The van der Waals surface area contributed by atoms with Crippen molar-refractivity contribution in [2.45, 2.75) is 32.7 Å². The number of carbonyl (C=O) groups is 2. The smallest absolute Gasteiger partial charge is 0.305 e. The van der Waals surface area contributed by atoms with E-state index in [1.54, 1.807) is 13.8 Å². The number of carbonyl (C=O) groups excluding carboxylic acids is 1. The van der Waals surface area contributed by atoms with Gasteiger partial charge >= 0.3 is 5.97 Å². The van der Waals surface area contributed by atoms with E-state index in [1.807, 2.05) is 6.92 Å². The average molecular weight is 202 g/mol. The lowest BCUT2D eigenvalue weighted by Crippen LogP contribution is -2.52. The zero-order chi connectivity index (χ0) is 11.2. The van der Waals surface area contributed by atoms with Gasteiger partial charge < -0.3 is 15.7 Å². The van der Waals surface area contributed by atoms with Crippen molar-refractivity contribution in [2.75, 3.05) is 13.1 Å². The predicted molar refractivity (Wildman–Crippen MR) is 53.0 cm³/mol. The van der Waals surface area contributed by atoms with Crippen LogP contribution < -0.4 is 10.6 Å². The molecule has 0 rings (SSSR count). The minimum absolute atomic E-state index is 0.0477. The molecule has 0 fully saturated rings. The van der Waals surface area contributed by atoms with Crippen LogP contribution in [0.1, 0.15) is 27.2 Å². The van der Waals surface area contributed by atoms with E-state index in [0.717, 1.165) is 0 Å². The Morgan fingerprint density at radius 2 is 1.93 bits per heavy atom. The Bertz CT molecular complexity index is 214. The van der Waals surface area contributed by atoms with Gasteiger partial charge in [0.1, 0.15) is 0 Å². The largest absolute Gasteiger partial charge is 0.481 e. The van der Waals surface area contributed by atoms with Crippen molar-refractivity contribution in [3.05, 3.63) is 0 Å². The molecular weight excluding hydrogens is 184 g/mol. The number of amides is 1. The van der Waals surface area contributed by atoms with Gasteiger partial charge in [-0.3, -0.25) is 9.59 Å². The Hall–Kier alpha value is -1.10. The molecule has 0 aliphatic rings.